The van der Waals surface area contributed by atoms with E-state index in [0.29, 0.717) is 17.9 Å². The molecule has 1 aliphatic rings. The fourth-order valence-corrected chi connectivity index (χ4v) is 3.16. The lowest BCUT2D eigenvalue weighted by atomic mass is 10.1. The Balaban J connectivity index is 1.67. The first-order valence-electron chi connectivity index (χ1n) is 8.73. The summed E-state index contributed by atoms with van der Waals surface area (Å²) < 4.78 is 14.5. The average Bonchev–Trinajstić information content (AvgIpc) is 3.14. The van der Waals surface area contributed by atoms with Crippen LogP contribution in [0, 0.1) is 18.7 Å². The van der Waals surface area contributed by atoms with Crippen LogP contribution in [0.15, 0.2) is 36.4 Å². The van der Waals surface area contributed by atoms with E-state index >= 15 is 0 Å². The molecular weight excluding hydrogens is 317 g/mol. The maximum absolute atomic E-state index is 14.5. The number of halogens is 1. The second kappa shape index (κ2) is 7.55. The normalized spacial score (nSPS) is 14.5. The molecule has 0 saturated heterocycles. The van der Waals surface area contributed by atoms with Gasteiger partial charge in [-0.25, -0.2) is 4.39 Å². The summed E-state index contributed by atoms with van der Waals surface area (Å²) >= 11 is 0. The van der Waals surface area contributed by atoms with Gasteiger partial charge in [0, 0.05) is 12.5 Å². The fraction of sp³-hybridized carbons (Fsp3) is 0.350. The summed E-state index contributed by atoms with van der Waals surface area (Å²) in [6.07, 6.45) is 3.93. The third kappa shape index (κ3) is 4.10. The topological polar surface area (TPSA) is 67.1 Å². The third-order valence-corrected chi connectivity index (χ3v) is 4.77. The van der Waals surface area contributed by atoms with E-state index in [1.807, 2.05) is 31.2 Å². The molecule has 0 spiro atoms. The number of nitrogens with one attached hydrogen (secondary N) is 2. The summed E-state index contributed by atoms with van der Waals surface area (Å²) in [6.45, 7) is 2.53. The van der Waals surface area contributed by atoms with Crippen LogP contribution in [0.25, 0.3) is 0 Å². The van der Waals surface area contributed by atoms with Gasteiger partial charge in [0.2, 0.25) is 5.91 Å². The first-order chi connectivity index (χ1) is 12.0. The first-order valence-corrected chi connectivity index (χ1v) is 8.73. The number of carbonyl (C=O) groups is 1. The molecule has 1 aliphatic carbocycles. The lowest BCUT2D eigenvalue weighted by Gasteiger charge is -2.15. The van der Waals surface area contributed by atoms with Gasteiger partial charge in [-0.2, -0.15) is 0 Å². The molecule has 0 bridgehead atoms. The third-order valence-electron chi connectivity index (χ3n) is 4.77. The van der Waals surface area contributed by atoms with Crippen LogP contribution in [-0.4, -0.2) is 5.91 Å². The van der Waals surface area contributed by atoms with Crippen molar-refractivity contribution >= 4 is 23.0 Å². The number of hydrogen-bond donors (Lipinski definition) is 3. The Hall–Kier alpha value is -2.56. The van der Waals surface area contributed by atoms with Crippen molar-refractivity contribution in [3.05, 3.63) is 53.3 Å². The van der Waals surface area contributed by atoms with Gasteiger partial charge in [0.1, 0.15) is 0 Å². The lowest BCUT2D eigenvalue weighted by molar-refractivity contribution is -0.119. The second-order valence-electron chi connectivity index (χ2n) is 6.70. The number of amides is 1. The molecule has 1 amide bonds. The van der Waals surface area contributed by atoms with Gasteiger partial charge in [0.05, 0.1) is 17.1 Å². The van der Waals surface area contributed by atoms with Crippen LogP contribution in [0.2, 0.25) is 0 Å². The number of aryl methyl sites for hydroxylation is 1. The maximum atomic E-state index is 14.5. The van der Waals surface area contributed by atoms with Crippen molar-refractivity contribution in [3.63, 3.8) is 0 Å². The SMILES string of the molecule is Cc1ccc(CNc2ccc(NC(=O)C3CCCC3)c(N)c2F)cc1. The number of rotatable bonds is 5. The predicted molar refractivity (Wildman–Crippen MR) is 99.9 cm³/mol. The number of anilines is 3. The van der Waals surface area contributed by atoms with E-state index in [9.17, 15) is 9.18 Å². The highest BCUT2D eigenvalue weighted by Gasteiger charge is 2.23. The molecule has 1 saturated carbocycles. The average molecular weight is 341 g/mol. The number of nitrogen functional groups attached to an aromatic ring is 1. The first kappa shape index (κ1) is 17.3. The molecule has 0 aliphatic heterocycles. The number of nitrogens with two attached hydrogens (primary N) is 1. The minimum atomic E-state index is -0.531. The van der Waals surface area contributed by atoms with E-state index in [2.05, 4.69) is 10.6 Å². The zero-order chi connectivity index (χ0) is 17.8. The summed E-state index contributed by atoms with van der Waals surface area (Å²) in [7, 11) is 0. The van der Waals surface area contributed by atoms with Gasteiger partial charge in [-0.15, -0.1) is 0 Å². The molecule has 0 aromatic heterocycles. The molecule has 0 heterocycles. The van der Waals surface area contributed by atoms with Gasteiger partial charge in [0.25, 0.3) is 0 Å². The highest BCUT2D eigenvalue weighted by molar-refractivity contribution is 5.96. The lowest BCUT2D eigenvalue weighted by Crippen LogP contribution is -2.21. The van der Waals surface area contributed by atoms with Crippen LogP contribution in [0.4, 0.5) is 21.5 Å². The van der Waals surface area contributed by atoms with Crippen molar-refractivity contribution in [1.29, 1.82) is 0 Å². The Bertz CT molecular complexity index is 752. The van der Waals surface area contributed by atoms with Crippen LogP contribution in [-0.2, 0) is 11.3 Å². The van der Waals surface area contributed by atoms with Crippen molar-refractivity contribution in [2.24, 2.45) is 5.92 Å². The Morgan fingerprint density at radius 3 is 2.44 bits per heavy atom. The molecule has 1 fully saturated rings. The zero-order valence-electron chi connectivity index (χ0n) is 14.4. The fourth-order valence-electron chi connectivity index (χ4n) is 3.16. The van der Waals surface area contributed by atoms with E-state index in [1.54, 1.807) is 12.1 Å². The van der Waals surface area contributed by atoms with Gasteiger partial charge in [-0.1, -0.05) is 42.7 Å². The molecule has 2 aromatic carbocycles. The van der Waals surface area contributed by atoms with Gasteiger partial charge >= 0.3 is 0 Å². The molecule has 0 unspecified atom stereocenters. The molecule has 3 rings (SSSR count). The van der Waals surface area contributed by atoms with Crippen molar-refractivity contribution in [3.8, 4) is 0 Å². The molecule has 132 valence electrons. The van der Waals surface area contributed by atoms with Gasteiger partial charge in [-0.3, -0.25) is 4.79 Å². The Morgan fingerprint density at radius 1 is 1.12 bits per heavy atom. The van der Waals surface area contributed by atoms with Crippen LogP contribution in [0.3, 0.4) is 0 Å². The summed E-state index contributed by atoms with van der Waals surface area (Å²) in [5.41, 5.74) is 8.77. The largest absolute Gasteiger partial charge is 0.395 e. The standard InChI is InChI=1S/C20H24FN3O/c1-13-6-8-14(9-7-13)12-23-16-10-11-17(19(22)18(16)21)24-20(25)15-4-2-3-5-15/h6-11,15,23H,2-5,12,22H2,1H3,(H,24,25). The molecular formula is C20H24FN3O. The monoisotopic (exact) mass is 341 g/mol. The van der Waals surface area contributed by atoms with Gasteiger partial charge in [-0.05, 0) is 37.5 Å². The zero-order valence-corrected chi connectivity index (χ0v) is 14.4. The Labute approximate surface area is 147 Å². The van der Waals surface area contributed by atoms with E-state index in [1.165, 1.54) is 5.56 Å². The van der Waals surface area contributed by atoms with E-state index < -0.39 is 5.82 Å². The highest BCUT2D eigenvalue weighted by Crippen LogP contribution is 2.31. The van der Waals surface area contributed by atoms with Gasteiger partial charge in [0.15, 0.2) is 5.82 Å². The number of benzene rings is 2. The summed E-state index contributed by atoms with van der Waals surface area (Å²) in [5.74, 6) is -0.581. The molecule has 4 nitrogen and oxygen atoms in total. The second-order valence-corrected chi connectivity index (χ2v) is 6.70. The molecule has 2 aromatic rings. The number of carbonyl (C=O) groups excluding carboxylic acids is 1. The van der Waals surface area contributed by atoms with Crippen molar-refractivity contribution in [1.82, 2.24) is 0 Å². The minimum absolute atomic E-state index is 0.0156. The van der Waals surface area contributed by atoms with Crippen molar-refractivity contribution in [2.75, 3.05) is 16.4 Å². The minimum Gasteiger partial charge on any atom is -0.395 e. The van der Waals surface area contributed by atoms with E-state index in [4.69, 9.17) is 5.73 Å². The van der Waals surface area contributed by atoms with Crippen LogP contribution >= 0.6 is 0 Å². The van der Waals surface area contributed by atoms with E-state index in [0.717, 1.165) is 31.2 Å². The van der Waals surface area contributed by atoms with E-state index in [-0.39, 0.29) is 17.5 Å². The van der Waals surface area contributed by atoms with Crippen LogP contribution < -0.4 is 16.4 Å². The molecule has 5 heteroatoms. The highest BCUT2D eigenvalue weighted by atomic mass is 19.1. The van der Waals surface area contributed by atoms with Gasteiger partial charge < -0.3 is 16.4 Å². The summed E-state index contributed by atoms with van der Waals surface area (Å²) in [6, 6.07) is 11.3. The molecule has 0 atom stereocenters. The Morgan fingerprint density at radius 2 is 1.76 bits per heavy atom. The molecule has 4 N–H and O–H groups in total. The number of hydrogen-bond acceptors (Lipinski definition) is 3. The smallest absolute Gasteiger partial charge is 0.227 e. The summed E-state index contributed by atoms with van der Waals surface area (Å²) in [4.78, 5) is 12.2. The molecule has 0 radical (unpaired) electrons. The Kier molecular flexibility index (Phi) is 5.22. The van der Waals surface area contributed by atoms with Crippen LogP contribution in [0.5, 0.6) is 0 Å². The maximum Gasteiger partial charge on any atom is 0.227 e. The summed E-state index contributed by atoms with van der Waals surface area (Å²) in [5, 5.41) is 5.83. The van der Waals surface area contributed by atoms with Crippen LogP contribution in [0.1, 0.15) is 36.8 Å². The van der Waals surface area contributed by atoms with Crippen molar-refractivity contribution in [2.45, 2.75) is 39.2 Å². The van der Waals surface area contributed by atoms with Crippen molar-refractivity contribution < 1.29 is 9.18 Å². The molecule has 25 heavy (non-hydrogen) atoms. The predicted octanol–water partition coefficient (Wildman–Crippen LogP) is 4.46. The quantitative estimate of drug-likeness (QED) is 0.704.